The van der Waals surface area contributed by atoms with Crippen molar-refractivity contribution in [3.05, 3.63) is 140 Å². The van der Waals surface area contributed by atoms with Crippen LogP contribution in [-0.2, 0) is 0 Å². The highest BCUT2D eigenvalue weighted by atomic mass is 32.1. The van der Waals surface area contributed by atoms with E-state index >= 15 is 0 Å². The summed E-state index contributed by atoms with van der Waals surface area (Å²) >= 11 is 1.81. The molecule has 7 aromatic carbocycles. The highest BCUT2D eigenvalue weighted by Gasteiger charge is 2.40. The van der Waals surface area contributed by atoms with Crippen LogP contribution in [0.3, 0.4) is 0 Å². The van der Waals surface area contributed by atoms with Crippen molar-refractivity contribution in [3.8, 4) is 45.3 Å². The van der Waals surface area contributed by atoms with Gasteiger partial charge in [-0.05, 0) is 64.5 Å². The standard InChI is InChI=1S/C47H29N3O2SSi/c1-54(2)39-21-10-6-15-30(39)43-40(54)25-33(42-29-14-4-8-18-35(29)52-44(42)43)47-49-45(26-22-23-38-32(24-26)27-12-5-9-20-37(27)53-38)48-46(50-47)31-16-11-19-36-41(31)28-13-3-7-17-34(28)51-36/h3-25H,1-2H3. The molecular weight excluding hydrogens is 699 g/mol. The molecule has 0 spiro atoms. The van der Waals surface area contributed by atoms with Crippen LogP contribution in [0.5, 0.6) is 0 Å². The van der Waals surface area contributed by atoms with E-state index in [9.17, 15) is 0 Å². The third-order valence-electron chi connectivity index (χ3n) is 11.3. The predicted octanol–water partition coefficient (Wildman–Crippen LogP) is 11.8. The van der Waals surface area contributed by atoms with Crippen molar-refractivity contribution >= 4 is 93.8 Å². The first-order valence-corrected chi connectivity index (χ1v) is 22.0. The SMILES string of the molecule is C[Si]1(C)c2ccccc2-c2c1cc(-c1nc(-c3ccc4sc5ccccc5c4c3)nc(-c3cccc4oc5ccccc5c34)n1)c1c2oc2ccccc21. The summed E-state index contributed by atoms with van der Waals surface area (Å²) in [7, 11) is -2.12. The largest absolute Gasteiger partial charge is 0.456 e. The molecule has 5 heterocycles. The zero-order valence-corrected chi connectivity index (χ0v) is 31.2. The van der Waals surface area contributed by atoms with E-state index in [-0.39, 0.29) is 0 Å². The Hall–Kier alpha value is -6.41. The van der Waals surface area contributed by atoms with Gasteiger partial charge >= 0.3 is 0 Å². The summed E-state index contributed by atoms with van der Waals surface area (Å²) < 4.78 is 15.7. The average Bonchev–Trinajstić information content (AvgIpc) is 3.95. The molecule has 254 valence electrons. The lowest BCUT2D eigenvalue weighted by Gasteiger charge is -2.19. The Morgan fingerprint density at radius 1 is 0.463 bits per heavy atom. The van der Waals surface area contributed by atoms with Crippen LogP contribution in [0.1, 0.15) is 0 Å². The highest BCUT2D eigenvalue weighted by Crippen LogP contribution is 2.44. The quantitative estimate of drug-likeness (QED) is 0.170. The normalized spacial score (nSPS) is 13.5. The number of para-hydroxylation sites is 2. The molecule has 0 amide bonds. The average molecular weight is 728 g/mol. The van der Waals surface area contributed by atoms with E-state index in [1.54, 1.807) is 0 Å². The molecule has 4 aromatic heterocycles. The molecule has 1 aliphatic rings. The molecule has 54 heavy (non-hydrogen) atoms. The molecule has 0 saturated heterocycles. The second-order valence-corrected chi connectivity index (χ2v) is 20.1. The number of benzene rings is 7. The van der Waals surface area contributed by atoms with Crippen LogP contribution in [0, 0.1) is 0 Å². The number of rotatable bonds is 3. The van der Waals surface area contributed by atoms with Gasteiger partial charge in [0, 0.05) is 64.0 Å². The monoisotopic (exact) mass is 727 g/mol. The minimum absolute atomic E-state index is 0.601. The highest BCUT2D eigenvalue weighted by molar-refractivity contribution is 7.25. The van der Waals surface area contributed by atoms with Crippen LogP contribution in [0.25, 0.3) is 109 Å². The van der Waals surface area contributed by atoms with Gasteiger partial charge in [0.05, 0.1) is 0 Å². The first kappa shape index (κ1) is 30.1. The molecule has 7 heteroatoms. The van der Waals surface area contributed by atoms with Crippen molar-refractivity contribution in [1.82, 2.24) is 15.0 Å². The molecular formula is C47H29N3O2SSi. The lowest BCUT2D eigenvalue weighted by atomic mass is 9.98. The van der Waals surface area contributed by atoms with Crippen molar-refractivity contribution in [2.45, 2.75) is 13.1 Å². The minimum Gasteiger partial charge on any atom is -0.456 e. The van der Waals surface area contributed by atoms with Crippen LogP contribution in [0.4, 0.5) is 0 Å². The number of nitrogens with zero attached hydrogens (tertiary/aromatic N) is 3. The zero-order chi connectivity index (χ0) is 35.7. The van der Waals surface area contributed by atoms with Crippen LogP contribution in [0.2, 0.25) is 13.1 Å². The predicted molar refractivity (Wildman–Crippen MR) is 226 cm³/mol. The molecule has 0 unspecified atom stereocenters. The van der Waals surface area contributed by atoms with Gasteiger partial charge in [0.1, 0.15) is 30.4 Å². The number of thiophene rings is 1. The smallest absolute Gasteiger partial charge is 0.164 e. The maximum atomic E-state index is 6.85. The van der Waals surface area contributed by atoms with Crippen molar-refractivity contribution < 1.29 is 8.83 Å². The lowest BCUT2D eigenvalue weighted by Crippen LogP contribution is -2.49. The topological polar surface area (TPSA) is 65.0 Å². The van der Waals surface area contributed by atoms with Gasteiger partial charge in [0.2, 0.25) is 0 Å². The third-order valence-corrected chi connectivity index (χ3v) is 16.0. The van der Waals surface area contributed by atoms with Crippen LogP contribution in [0.15, 0.2) is 148 Å². The number of furan rings is 2. The van der Waals surface area contributed by atoms with Gasteiger partial charge in [-0.15, -0.1) is 11.3 Å². The molecule has 0 saturated carbocycles. The Morgan fingerprint density at radius 3 is 1.94 bits per heavy atom. The van der Waals surface area contributed by atoms with Gasteiger partial charge in [-0.3, -0.25) is 0 Å². The summed E-state index contributed by atoms with van der Waals surface area (Å²) in [5, 5.41) is 9.29. The lowest BCUT2D eigenvalue weighted by molar-refractivity contribution is 0.669. The van der Waals surface area contributed by atoms with E-state index in [0.717, 1.165) is 60.6 Å². The molecule has 11 aromatic rings. The second-order valence-electron chi connectivity index (χ2n) is 14.7. The number of hydrogen-bond acceptors (Lipinski definition) is 6. The molecule has 12 rings (SSSR count). The van der Waals surface area contributed by atoms with Crippen LogP contribution >= 0.6 is 11.3 Å². The molecule has 5 nitrogen and oxygen atoms in total. The van der Waals surface area contributed by atoms with E-state index in [2.05, 4.69) is 116 Å². The Labute approximate surface area is 314 Å². The molecule has 1 aliphatic heterocycles. The summed E-state index contributed by atoms with van der Waals surface area (Å²) in [6.07, 6.45) is 0. The van der Waals surface area contributed by atoms with Crippen molar-refractivity contribution in [2.75, 3.05) is 0 Å². The zero-order valence-electron chi connectivity index (χ0n) is 29.3. The van der Waals surface area contributed by atoms with Gasteiger partial charge < -0.3 is 8.83 Å². The Kier molecular flexibility index (Phi) is 6.03. The molecule has 0 aliphatic carbocycles. The summed E-state index contributed by atoms with van der Waals surface area (Å²) in [6, 6.07) is 49.0. The van der Waals surface area contributed by atoms with Gasteiger partial charge in [0.25, 0.3) is 0 Å². The van der Waals surface area contributed by atoms with Gasteiger partial charge in [-0.2, -0.15) is 0 Å². The van der Waals surface area contributed by atoms with E-state index in [1.165, 1.54) is 41.7 Å². The summed E-state index contributed by atoms with van der Waals surface area (Å²) in [5.74, 6) is 1.84. The Bertz CT molecular complexity index is 3390. The third kappa shape index (κ3) is 4.10. The summed E-state index contributed by atoms with van der Waals surface area (Å²) in [6.45, 7) is 4.87. The second kappa shape index (κ2) is 10.8. The van der Waals surface area contributed by atoms with Crippen LogP contribution < -0.4 is 10.4 Å². The fourth-order valence-electron chi connectivity index (χ4n) is 8.80. The van der Waals surface area contributed by atoms with Crippen molar-refractivity contribution in [2.24, 2.45) is 0 Å². The summed E-state index contributed by atoms with van der Waals surface area (Å²) in [5.41, 5.74) is 8.66. The number of fused-ring (bicyclic) bond motifs is 13. The van der Waals surface area contributed by atoms with E-state index in [0.29, 0.717) is 17.5 Å². The van der Waals surface area contributed by atoms with E-state index in [1.807, 2.05) is 47.7 Å². The fraction of sp³-hybridized carbons (Fsp3) is 0.0426. The molecule has 0 atom stereocenters. The maximum absolute atomic E-state index is 6.85. The fourth-order valence-corrected chi connectivity index (χ4v) is 12.9. The van der Waals surface area contributed by atoms with E-state index in [4.69, 9.17) is 23.8 Å². The Morgan fingerprint density at radius 2 is 1.09 bits per heavy atom. The maximum Gasteiger partial charge on any atom is 0.164 e. The molecule has 0 bridgehead atoms. The minimum atomic E-state index is -2.12. The molecule has 0 radical (unpaired) electrons. The Balaban J connectivity index is 1.20. The van der Waals surface area contributed by atoms with E-state index < -0.39 is 8.07 Å². The van der Waals surface area contributed by atoms with Gasteiger partial charge in [-0.25, -0.2) is 15.0 Å². The van der Waals surface area contributed by atoms with Gasteiger partial charge in [0.15, 0.2) is 17.5 Å². The van der Waals surface area contributed by atoms with Gasteiger partial charge in [-0.1, -0.05) is 104 Å². The molecule has 0 N–H and O–H groups in total. The summed E-state index contributed by atoms with van der Waals surface area (Å²) in [4.78, 5) is 16.1. The van der Waals surface area contributed by atoms with Crippen molar-refractivity contribution in [3.63, 3.8) is 0 Å². The first-order chi connectivity index (χ1) is 26.5. The number of hydrogen-bond donors (Lipinski definition) is 0. The molecule has 0 fully saturated rings. The van der Waals surface area contributed by atoms with Crippen LogP contribution in [-0.4, -0.2) is 23.0 Å². The number of aromatic nitrogens is 3. The van der Waals surface area contributed by atoms with Crippen molar-refractivity contribution in [1.29, 1.82) is 0 Å². The first-order valence-electron chi connectivity index (χ1n) is 18.2.